The molecule has 0 aromatic heterocycles. The Morgan fingerprint density at radius 1 is 1.38 bits per heavy atom. The first-order valence-electron chi connectivity index (χ1n) is 5.17. The summed E-state index contributed by atoms with van der Waals surface area (Å²) in [5.41, 5.74) is 0.513. The summed E-state index contributed by atoms with van der Waals surface area (Å²) < 4.78 is 5.21. The van der Waals surface area contributed by atoms with Crippen LogP contribution < -0.4 is 0 Å². The van der Waals surface area contributed by atoms with Gasteiger partial charge in [-0.1, -0.05) is 30.3 Å². The maximum atomic E-state index is 11.2. The van der Waals surface area contributed by atoms with E-state index in [9.17, 15) is 9.90 Å². The Labute approximate surface area is 94.5 Å². The van der Waals surface area contributed by atoms with Gasteiger partial charge in [-0.15, -0.1) is 0 Å². The van der Waals surface area contributed by atoms with Gasteiger partial charge in [-0.05, 0) is 6.92 Å². The second-order valence-electron chi connectivity index (χ2n) is 3.46. The number of hydrogen-bond acceptors (Lipinski definition) is 4. The molecule has 1 atom stereocenters. The third-order valence-corrected chi connectivity index (χ3v) is 2.22. The maximum Gasteiger partial charge on any atom is 0.199 e. The number of aliphatic hydroxyl groups is 2. The van der Waals surface area contributed by atoms with Gasteiger partial charge in [0.1, 0.15) is 6.61 Å². The van der Waals surface area contributed by atoms with Gasteiger partial charge in [-0.25, -0.2) is 0 Å². The zero-order chi connectivity index (χ0) is 12.0. The Bertz CT molecular complexity index is 336. The highest BCUT2D eigenvalue weighted by Gasteiger charge is 2.32. The summed E-state index contributed by atoms with van der Waals surface area (Å²) in [6.45, 7) is 1.42. The van der Waals surface area contributed by atoms with Crippen LogP contribution in [-0.4, -0.2) is 29.2 Å². The molecule has 4 heteroatoms. The second kappa shape index (κ2) is 5.75. The molecule has 0 saturated carbocycles. The molecule has 1 rings (SSSR count). The Morgan fingerprint density at radius 3 is 2.50 bits per heavy atom. The van der Waals surface area contributed by atoms with Gasteiger partial charge in [0, 0.05) is 12.2 Å². The van der Waals surface area contributed by atoms with Crippen LogP contribution in [0.3, 0.4) is 0 Å². The van der Waals surface area contributed by atoms with Crippen LogP contribution in [0.2, 0.25) is 0 Å². The molecule has 0 aliphatic rings. The van der Waals surface area contributed by atoms with E-state index in [1.807, 2.05) is 6.07 Å². The molecule has 88 valence electrons. The number of ketones is 1. The Morgan fingerprint density at radius 2 is 2.00 bits per heavy atom. The zero-order valence-electron chi connectivity index (χ0n) is 9.22. The fourth-order valence-corrected chi connectivity index (χ4v) is 1.50. The van der Waals surface area contributed by atoms with Gasteiger partial charge in [0.15, 0.2) is 11.6 Å². The number of aliphatic hydroxyl groups excluding tert-OH is 1. The van der Waals surface area contributed by atoms with Gasteiger partial charge >= 0.3 is 0 Å². The average molecular weight is 224 g/mol. The number of hydrogen-bond donors (Lipinski definition) is 2. The minimum atomic E-state index is -1.64. The summed E-state index contributed by atoms with van der Waals surface area (Å²) in [7, 11) is 0. The smallest absolute Gasteiger partial charge is 0.199 e. The van der Waals surface area contributed by atoms with Crippen LogP contribution in [0.1, 0.15) is 18.9 Å². The monoisotopic (exact) mass is 224 g/mol. The van der Waals surface area contributed by atoms with Crippen LogP contribution in [0.5, 0.6) is 0 Å². The van der Waals surface area contributed by atoms with Crippen molar-refractivity contribution >= 4 is 5.78 Å². The predicted molar refractivity (Wildman–Crippen MR) is 58.7 cm³/mol. The van der Waals surface area contributed by atoms with Crippen LogP contribution in [0.25, 0.3) is 0 Å². The first kappa shape index (κ1) is 12.8. The average Bonchev–Trinajstić information content (AvgIpc) is 2.30. The topological polar surface area (TPSA) is 66.8 Å². The minimum absolute atomic E-state index is 0.249. The number of Topliss-reactive ketones (excluding diaryl/α,β-unsaturated/α-hetero) is 1. The first-order valence-corrected chi connectivity index (χ1v) is 5.17. The Hall–Kier alpha value is -1.23. The highest BCUT2D eigenvalue weighted by molar-refractivity contribution is 5.80. The van der Waals surface area contributed by atoms with Crippen molar-refractivity contribution in [3.8, 4) is 0 Å². The van der Waals surface area contributed by atoms with Crippen molar-refractivity contribution in [1.29, 1.82) is 0 Å². The molecule has 0 heterocycles. The summed E-state index contributed by atoms with van der Waals surface area (Å²) in [6, 6.07) is 8.68. The largest absolute Gasteiger partial charge is 0.389 e. The fourth-order valence-electron chi connectivity index (χ4n) is 1.50. The summed E-state index contributed by atoms with van der Waals surface area (Å²) >= 11 is 0. The highest BCUT2D eigenvalue weighted by atomic mass is 16.6. The zero-order valence-corrected chi connectivity index (χ0v) is 9.22. The molecule has 0 aliphatic heterocycles. The van der Waals surface area contributed by atoms with Crippen LogP contribution in [0.15, 0.2) is 30.3 Å². The van der Waals surface area contributed by atoms with Gasteiger partial charge in [-0.2, -0.15) is 0 Å². The van der Waals surface area contributed by atoms with Crippen molar-refractivity contribution in [1.82, 2.24) is 0 Å². The van der Waals surface area contributed by atoms with Crippen molar-refractivity contribution in [2.45, 2.75) is 19.1 Å². The minimum Gasteiger partial charge on any atom is -0.389 e. The molecule has 0 amide bonds. The molecule has 0 aliphatic carbocycles. The number of rotatable bonds is 6. The Kier molecular flexibility index (Phi) is 4.61. The van der Waals surface area contributed by atoms with E-state index in [1.165, 1.54) is 0 Å². The van der Waals surface area contributed by atoms with E-state index in [0.29, 0.717) is 5.56 Å². The number of ether oxygens (including phenoxy) is 1. The third kappa shape index (κ3) is 3.13. The fraction of sp³-hybridized carbons (Fsp3) is 0.417. The molecule has 0 radical (unpaired) electrons. The molecule has 1 aromatic carbocycles. The van der Waals surface area contributed by atoms with E-state index < -0.39 is 18.2 Å². The van der Waals surface area contributed by atoms with Crippen molar-refractivity contribution < 1.29 is 19.7 Å². The molecule has 1 aromatic rings. The standard InChI is InChI=1S/C12H16O4/c1-2-16-12(15,8-11(14)9-13)10-6-4-3-5-7-10/h3-7,13,15H,2,8-9H2,1H3. The van der Waals surface area contributed by atoms with Gasteiger partial charge < -0.3 is 14.9 Å². The van der Waals surface area contributed by atoms with Crippen LogP contribution in [0.4, 0.5) is 0 Å². The lowest BCUT2D eigenvalue weighted by Crippen LogP contribution is -2.33. The molecule has 4 nitrogen and oxygen atoms in total. The van der Waals surface area contributed by atoms with E-state index in [-0.39, 0.29) is 13.0 Å². The molecular formula is C12H16O4. The van der Waals surface area contributed by atoms with Gasteiger partial charge in [0.2, 0.25) is 0 Å². The third-order valence-electron chi connectivity index (χ3n) is 2.22. The van der Waals surface area contributed by atoms with Crippen molar-refractivity contribution in [3.05, 3.63) is 35.9 Å². The van der Waals surface area contributed by atoms with Crippen LogP contribution in [0, 0.1) is 0 Å². The number of carbonyl (C=O) groups excluding carboxylic acids is 1. The van der Waals surface area contributed by atoms with E-state index in [2.05, 4.69) is 0 Å². The summed E-state index contributed by atoms with van der Waals surface area (Å²) in [5.74, 6) is -2.10. The number of benzene rings is 1. The second-order valence-corrected chi connectivity index (χ2v) is 3.46. The van der Waals surface area contributed by atoms with Gasteiger partial charge in [0.25, 0.3) is 0 Å². The van der Waals surface area contributed by atoms with Crippen LogP contribution in [-0.2, 0) is 15.3 Å². The normalized spacial score (nSPS) is 14.4. The highest BCUT2D eigenvalue weighted by Crippen LogP contribution is 2.26. The molecular weight excluding hydrogens is 208 g/mol. The van der Waals surface area contributed by atoms with E-state index >= 15 is 0 Å². The van der Waals surface area contributed by atoms with Crippen LogP contribution >= 0.6 is 0 Å². The van der Waals surface area contributed by atoms with Crippen molar-refractivity contribution in [3.63, 3.8) is 0 Å². The van der Waals surface area contributed by atoms with Crippen molar-refractivity contribution in [2.24, 2.45) is 0 Å². The Balaban J connectivity index is 2.92. The maximum absolute atomic E-state index is 11.2. The van der Waals surface area contributed by atoms with E-state index in [1.54, 1.807) is 31.2 Å². The quantitative estimate of drug-likeness (QED) is 0.702. The van der Waals surface area contributed by atoms with Gasteiger partial charge in [0.05, 0.1) is 6.42 Å². The molecule has 0 spiro atoms. The molecule has 1 unspecified atom stereocenters. The lowest BCUT2D eigenvalue weighted by molar-refractivity contribution is -0.213. The van der Waals surface area contributed by atoms with E-state index in [4.69, 9.17) is 9.84 Å². The van der Waals surface area contributed by atoms with Gasteiger partial charge in [-0.3, -0.25) is 4.79 Å². The summed E-state index contributed by atoms with van der Waals surface area (Å²) in [6.07, 6.45) is -0.249. The molecule has 0 saturated heterocycles. The lowest BCUT2D eigenvalue weighted by Gasteiger charge is -2.27. The summed E-state index contributed by atoms with van der Waals surface area (Å²) in [5, 5.41) is 18.9. The first-order chi connectivity index (χ1) is 7.62. The van der Waals surface area contributed by atoms with Crippen molar-refractivity contribution in [2.75, 3.05) is 13.2 Å². The lowest BCUT2D eigenvalue weighted by atomic mass is 10.0. The van der Waals surface area contributed by atoms with E-state index in [0.717, 1.165) is 0 Å². The molecule has 16 heavy (non-hydrogen) atoms. The number of carbonyl (C=O) groups is 1. The predicted octanol–water partition coefficient (Wildman–Crippen LogP) is 0.820. The SMILES string of the molecule is CCOC(O)(CC(=O)CO)c1ccccc1. The molecule has 2 N–H and O–H groups in total. The molecule has 0 bridgehead atoms. The molecule has 0 fully saturated rings. The summed E-state index contributed by atoms with van der Waals surface area (Å²) in [4.78, 5) is 11.2.